The number of thiophene rings is 1. The van der Waals surface area contributed by atoms with E-state index in [0.29, 0.717) is 15.4 Å². The Hall–Kier alpha value is -2.61. The second kappa shape index (κ2) is 6.25. The normalized spacial score (nSPS) is 13.4. The van der Waals surface area contributed by atoms with Gasteiger partial charge in [0.1, 0.15) is 0 Å². The molecule has 3 N–H and O–H groups in total. The lowest BCUT2D eigenvalue weighted by Crippen LogP contribution is -2.42. The van der Waals surface area contributed by atoms with Crippen molar-refractivity contribution in [1.82, 2.24) is 10.9 Å². The van der Waals surface area contributed by atoms with E-state index in [1.54, 1.807) is 25.1 Å². The van der Waals surface area contributed by atoms with E-state index >= 15 is 0 Å². The number of hydrazine groups is 1. The minimum atomic E-state index is -0.403. The largest absolute Gasteiger partial charge is 0.459 e. The molecule has 1 aliphatic carbocycles. The third kappa shape index (κ3) is 3.59. The van der Waals surface area contributed by atoms with Gasteiger partial charge in [-0.1, -0.05) is 0 Å². The molecule has 0 unspecified atom stereocenters. The number of hydrogen-bond donors (Lipinski definition) is 3. The maximum atomic E-state index is 12.1. The molecule has 1 aliphatic rings. The second-order valence-corrected chi connectivity index (χ2v) is 6.32. The van der Waals surface area contributed by atoms with Crippen molar-refractivity contribution in [3.05, 3.63) is 40.7 Å². The van der Waals surface area contributed by atoms with Crippen molar-refractivity contribution in [3.8, 4) is 0 Å². The Labute approximate surface area is 136 Å². The molecule has 0 aliphatic heterocycles. The van der Waals surface area contributed by atoms with Gasteiger partial charge in [-0.15, -0.1) is 11.3 Å². The maximum Gasteiger partial charge on any atom is 0.291 e. The fourth-order valence-electron chi connectivity index (χ4n) is 1.97. The lowest BCUT2D eigenvalue weighted by molar-refractivity contribution is -0.123. The Morgan fingerprint density at radius 3 is 2.65 bits per heavy atom. The first kappa shape index (κ1) is 15.3. The summed E-state index contributed by atoms with van der Waals surface area (Å²) in [4.78, 5) is 35.9. The van der Waals surface area contributed by atoms with Crippen LogP contribution in [0.2, 0.25) is 0 Å². The van der Waals surface area contributed by atoms with E-state index in [2.05, 4.69) is 16.2 Å². The van der Waals surface area contributed by atoms with Crippen molar-refractivity contribution in [2.75, 3.05) is 5.32 Å². The molecule has 2 heterocycles. The lowest BCUT2D eigenvalue weighted by Gasteiger charge is -2.05. The zero-order valence-electron chi connectivity index (χ0n) is 12.3. The van der Waals surface area contributed by atoms with Crippen LogP contribution in [-0.4, -0.2) is 17.7 Å². The molecule has 7 nitrogen and oxygen atoms in total. The number of hydrogen-bond acceptors (Lipinski definition) is 5. The fourth-order valence-corrected chi connectivity index (χ4v) is 2.94. The van der Waals surface area contributed by atoms with E-state index in [-0.39, 0.29) is 23.5 Å². The molecular weight excluding hydrogens is 318 g/mol. The van der Waals surface area contributed by atoms with Gasteiger partial charge in [-0.2, -0.15) is 0 Å². The highest BCUT2D eigenvalue weighted by Crippen LogP contribution is 2.29. The SMILES string of the molecule is Cc1cc(NC(=O)c2ccco2)sc1C(=O)NNC(=O)C1CC1. The maximum absolute atomic E-state index is 12.1. The minimum Gasteiger partial charge on any atom is -0.459 e. The van der Waals surface area contributed by atoms with Crippen LogP contribution in [0.3, 0.4) is 0 Å². The molecule has 3 rings (SSSR count). The molecule has 0 bridgehead atoms. The van der Waals surface area contributed by atoms with Gasteiger partial charge in [-0.05, 0) is 43.5 Å². The van der Waals surface area contributed by atoms with Gasteiger partial charge in [0, 0.05) is 5.92 Å². The number of anilines is 1. The van der Waals surface area contributed by atoms with Gasteiger partial charge < -0.3 is 9.73 Å². The molecule has 0 atom stereocenters. The number of furan rings is 1. The molecule has 23 heavy (non-hydrogen) atoms. The Bertz CT molecular complexity index is 747. The van der Waals surface area contributed by atoms with Crippen LogP contribution in [0, 0.1) is 12.8 Å². The van der Waals surface area contributed by atoms with Crippen molar-refractivity contribution in [1.29, 1.82) is 0 Å². The first-order valence-corrected chi connectivity index (χ1v) is 7.91. The Morgan fingerprint density at radius 1 is 1.22 bits per heavy atom. The van der Waals surface area contributed by atoms with Gasteiger partial charge in [-0.3, -0.25) is 25.2 Å². The molecule has 3 amide bonds. The molecule has 1 fully saturated rings. The number of nitrogens with one attached hydrogen (secondary N) is 3. The van der Waals surface area contributed by atoms with Crippen LogP contribution >= 0.6 is 11.3 Å². The summed E-state index contributed by atoms with van der Waals surface area (Å²) in [5.41, 5.74) is 5.52. The van der Waals surface area contributed by atoms with E-state index in [4.69, 9.17) is 4.42 Å². The van der Waals surface area contributed by atoms with Gasteiger partial charge in [0.2, 0.25) is 5.91 Å². The van der Waals surface area contributed by atoms with Crippen LogP contribution in [0.4, 0.5) is 5.00 Å². The molecule has 0 spiro atoms. The number of aryl methyl sites for hydroxylation is 1. The Morgan fingerprint density at radius 2 is 2.00 bits per heavy atom. The highest BCUT2D eigenvalue weighted by Gasteiger charge is 2.30. The summed E-state index contributed by atoms with van der Waals surface area (Å²) in [6.45, 7) is 1.76. The molecule has 1 saturated carbocycles. The van der Waals surface area contributed by atoms with Gasteiger partial charge in [-0.25, -0.2) is 0 Å². The molecule has 0 saturated heterocycles. The molecule has 8 heteroatoms. The van der Waals surface area contributed by atoms with E-state index in [0.717, 1.165) is 24.2 Å². The van der Waals surface area contributed by atoms with Crippen LogP contribution in [-0.2, 0) is 4.79 Å². The monoisotopic (exact) mass is 333 g/mol. The van der Waals surface area contributed by atoms with Gasteiger partial charge in [0.05, 0.1) is 16.1 Å². The van der Waals surface area contributed by atoms with Crippen LogP contribution in [0.25, 0.3) is 0 Å². The van der Waals surface area contributed by atoms with E-state index in [9.17, 15) is 14.4 Å². The number of rotatable bonds is 4. The van der Waals surface area contributed by atoms with E-state index in [1.165, 1.54) is 6.26 Å². The van der Waals surface area contributed by atoms with Crippen molar-refractivity contribution >= 4 is 34.1 Å². The van der Waals surface area contributed by atoms with E-state index < -0.39 is 5.91 Å². The predicted octanol–water partition coefficient (Wildman–Crippen LogP) is 2.07. The zero-order valence-corrected chi connectivity index (χ0v) is 13.2. The second-order valence-electron chi connectivity index (χ2n) is 5.27. The molecular formula is C15H15N3O4S. The lowest BCUT2D eigenvalue weighted by atomic mass is 10.3. The summed E-state index contributed by atoms with van der Waals surface area (Å²) >= 11 is 1.13. The molecule has 0 aromatic carbocycles. The highest BCUT2D eigenvalue weighted by atomic mass is 32.1. The summed E-state index contributed by atoms with van der Waals surface area (Å²) in [5, 5.41) is 3.20. The summed E-state index contributed by atoms with van der Waals surface area (Å²) in [6, 6.07) is 4.87. The van der Waals surface area contributed by atoms with Gasteiger partial charge >= 0.3 is 0 Å². The predicted molar refractivity (Wildman–Crippen MR) is 84.1 cm³/mol. The van der Waals surface area contributed by atoms with Crippen LogP contribution in [0.15, 0.2) is 28.9 Å². The highest BCUT2D eigenvalue weighted by molar-refractivity contribution is 7.18. The Balaban J connectivity index is 1.61. The smallest absolute Gasteiger partial charge is 0.291 e. The van der Waals surface area contributed by atoms with Gasteiger partial charge in [0.25, 0.3) is 11.8 Å². The quantitative estimate of drug-likeness (QED) is 0.746. The molecule has 120 valence electrons. The Kier molecular flexibility index (Phi) is 4.16. The zero-order chi connectivity index (χ0) is 16.4. The number of carbonyl (C=O) groups is 3. The molecule has 0 radical (unpaired) electrons. The third-order valence-electron chi connectivity index (χ3n) is 3.35. The van der Waals surface area contributed by atoms with Crippen molar-refractivity contribution in [2.45, 2.75) is 19.8 Å². The van der Waals surface area contributed by atoms with Gasteiger partial charge in [0.15, 0.2) is 5.76 Å². The van der Waals surface area contributed by atoms with Crippen LogP contribution in [0.1, 0.15) is 38.6 Å². The van der Waals surface area contributed by atoms with E-state index in [1.807, 2.05) is 0 Å². The summed E-state index contributed by atoms with van der Waals surface area (Å²) in [7, 11) is 0. The fraction of sp³-hybridized carbons (Fsp3) is 0.267. The minimum absolute atomic E-state index is 0.0166. The summed E-state index contributed by atoms with van der Waals surface area (Å²) in [6.07, 6.45) is 3.14. The average Bonchev–Trinajstić information content (AvgIpc) is 3.10. The average molecular weight is 333 g/mol. The first-order valence-electron chi connectivity index (χ1n) is 7.10. The first-order chi connectivity index (χ1) is 11.0. The number of amides is 3. The number of carbonyl (C=O) groups excluding carboxylic acids is 3. The van der Waals surface area contributed by atoms with Crippen molar-refractivity contribution < 1.29 is 18.8 Å². The topological polar surface area (TPSA) is 100 Å². The summed E-state index contributed by atoms with van der Waals surface area (Å²) < 4.78 is 5.01. The van der Waals surface area contributed by atoms with Crippen LogP contribution < -0.4 is 16.2 Å². The van der Waals surface area contributed by atoms with Crippen molar-refractivity contribution in [2.24, 2.45) is 5.92 Å². The van der Waals surface area contributed by atoms with Crippen LogP contribution in [0.5, 0.6) is 0 Å². The standard InChI is InChI=1S/C15H15N3O4S/c1-8-7-11(16-14(20)10-3-2-6-22-10)23-12(8)15(21)18-17-13(19)9-4-5-9/h2-3,6-7,9H,4-5H2,1H3,(H,16,20)(H,17,19)(H,18,21). The molecule has 2 aromatic rings. The third-order valence-corrected chi connectivity index (χ3v) is 4.50. The molecule has 2 aromatic heterocycles. The van der Waals surface area contributed by atoms with Crippen molar-refractivity contribution in [3.63, 3.8) is 0 Å². The summed E-state index contributed by atoms with van der Waals surface area (Å²) in [5.74, 6) is -0.745.